The van der Waals surface area contributed by atoms with Gasteiger partial charge in [0.05, 0.1) is 24.6 Å². The van der Waals surface area contributed by atoms with Crippen LogP contribution in [0.2, 0.25) is 0 Å². The van der Waals surface area contributed by atoms with Gasteiger partial charge in [-0.3, -0.25) is 0 Å². The smallest absolute Gasteiger partial charge is 0.186 e. The van der Waals surface area contributed by atoms with Gasteiger partial charge in [-0.15, -0.1) is 11.3 Å². The molecule has 1 atom stereocenters. The van der Waals surface area contributed by atoms with E-state index in [1.54, 1.807) is 24.5 Å². The number of aliphatic hydroxyl groups excluding tert-OH is 1. The molecule has 1 aliphatic rings. The third-order valence-corrected chi connectivity index (χ3v) is 3.97. The number of hydrogen-bond acceptors (Lipinski definition) is 5. The number of aliphatic hydroxyl groups is 1. The third-order valence-electron chi connectivity index (χ3n) is 3.08. The predicted molar refractivity (Wildman–Crippen MR) is 70.7 cm³/mol. The van der Waals surface area contributed by atoms with Crippen LogP contribution in [-0.4, -0.2) is 16.1 Å². The molecule has 1 N–H and O–H groups in total. The zero-order valence-corrected chi connectivity index (χ0v) is 11.1. The van der Waals surface area contributed by atoms with Gasteiger partial charge in [-0.1, -0.05) is 0 Å². The average molecular weight is 264 g/mol. The second kappa shape index (κ2) is 4.74. The summed E-state index contributed by atoms with van der Waals surface area (Å²) in [6.45, 7) is 2.50. The van der Waals surface area contributed by atoms with Crippen molar-refractivity contribution in [2.24, 2.45) is 0 Å². The molecule has 4 nitrogen and oxygen atoms in total. The molecule has 18 heavy (non-hydrogen) atoms. The van der Waals surface area contributed by atoms with Crippen LogP contribution in [0.4, 0.5) is 5.13 Å². The standard InChI is InChI=1S/C13H16N2O2S/c1-9(16)12-8-18-13(14-12)15(10-4-5-10)7-11-3-2-6-17-11/h2-3,6,8-10,16H,4-5,7H2,1H3. The minimum absolute atomic E-state index is 0.500. The van der Waals surface area contributed by atoms with Crippen LogP contribution in [-0.2, 0) is 6.54 Å². The number of anilines is 1. The molecule has 0 aromatic carbocycles. The van der Waals surface area contributed by atoms with E-state index in [4.69, 9.17) is 4.42 Å². The summed E-state index contributed by atoms with van der Waals surface area (Å²) in [6, 6.07) is 4.46. The lowest BCUT2D eigenvalue weighted by molar-refractivity contribution is 0.195. The molecule has 1 saturated carbocycles. The number of hydrogen-bond donors (Lipinski definition) is 1. The van der Waals surface area contributed by atoms with Crippen molar-refractivity contribution in [1.29, 1.82) is 0 Å². The van der Waals surface area contributed by atoms with Gasteiger partial charge in [0, 0.05) is 11.4 Å². The molecular formula is C13H16N2O2S. The molecule has 0 bridgehead atoms. The molecule has 0 saturated heterocycles. The van der Waals surface area contributed by atoms with E-state index >= 15 is 0 Å². The van der Waals surface area contributed by atoms with E-state index in [0.717, 1.165) is 23.1 Å². The maximum Gasteiger partial charge on any atom is 0.186 e. The van der Waals surface area contributed by atoms with Crippen molar-refractivity contribution < 1.29 is 9.52 Å². The monoisotopic (exact) mass is 264 g/mol. The Morgan fingerprint density at radius 2 is 2.44 bits per heavy atom. The molecular weight excluding hydrogens is 248 g/mol. The van der Waals surface area contributed by atoms with Crippen LogP contribution in [0.5, 0.6) is 0 Å². The third kappa shape index (κ3) is 2.42. The van der Waals surface area contributed by atoms with E-state index in [-0.39, 0.29) is 0 Å². The Kier molecular flexibility index (Phi) is 3.09. The van der Waals surface area contributed by atoms with Crippen LogP contribution in [0, 0.1) is 0 Å². The highest BCUT2D eigenvalue weighted by atomic mass is 32.1. The van der Waals surface area contributed by atoms with Gasteiger partial charge in [0.15, 0.2) is 5.13 Å². The molecule has 1 fully saturated rings. The van der Waals surface area contributed by atoms with Gasteiger partial charge >= 0.3 is 0 Å². The molecule has 0 amide bonds. The van der Waals surface area contributed by atoms with Crippen LogP contribution in [0.15, 0.2) is 28.2 Å². The fourth-order valence-corrected chi connectivity index (χ4v) is 2.89. The molecule has 2 aromatic heterocycles. The van der Waals surface area contributed by atoms with Gasteiger partial charge in [0.2, 0.25) is 0 Å². The maximum atomic E-state index is 9.54. The molecule has 0 aliphatic heterocycles. The highest BCUT2D eigenvalue weighted by molar-refractivity contribution is 7.13. The summed E-state index contributed by atoms with van der Waals surface area (Å²) in [6.07, 6.45) is 3.62. The molecule has 5 heteroatoms. The minimum Gasteiger partial charge on any atom is -0.467 e. The van der Waals surface area contributed by atoms with E-state index < -0.39 is 6.10 Å². The number of aromatic nitrogens is 1. The van der Waals surface area contributed by atoms with E-state index in [1.165, 1.54) is 12.8 Å². The first kappa shape index (κ1) is 11.7. The summed E-state index contributed by atoms with van der Waals surface area (Å²) in [7, 11) is 0. The van der Waals surface area contributed by atoms with E-state index in [9.17, 15) is 5.11 Å². The van der Waals surface area contributed by atoms with Gasteiger partial charge in [0.1, 0.15) is 5.76 Å². The summed E-state index contributed by atoms with van der Waals surface area (Å²) >= 11 is 1.59. The predicted octanol–water partition coefficient (Wildman–Crippen LogP) is 2.96. The average Bonchev–Trinajstić information content (AvgIpc) is 2.88. The van der Waals surface area contributed by atoms with Gasteiger partial charge < -0.3 is 14.4 Å². The Bertz CT molecular complexity index is 503. The van der Waals surface area contributed by atoms with Crippen LogP contribution in [0.3, 0.4) is 0 Å². The first-order chi connectivity index (χ1) is 8.74. The molecule has 2 aromatic rings. The van der Waals surface area contributed by atoms with Crippen LogP contribution < -0.4 is 4.90 Å². The highest BCUT2D eigenvalue weighted by Crippen LogP contribution is 2.35. The summed E-state index contributed by atoms with van der Waals surface area (Å²) in [5.41, 5.74) is 0.750. The Hall–Kier alpha value is -1.33. The highest BCUT2D eigenvalue weighted by Gasteiger charge is 2.31. The van der Waals surface area contributed by atoms with Crippen molar-refractivity contribution in [2.75, 3.05) is 4.90 Å². The molecule has 1 unspecified atom stereocenters. The zero-order chi connectivity index (χ0) is 12.5. The Morgan fingerprint density at radius 1 is 1.61 bits per heavy atom. The molecule has 96 valence electrons. The second-order valence-corrected chi connectivity index (χ2v) is 5.51. The van der Waals surface area contributed by atoms with Crippen molar-refractivity contribution in [1.82, 2.24) is 4.98 Å². The summed E-state index contributed by atoms with van der Waals surface area (Å²) in [4.78, 5) is 6.78. The van der Waals surface area contributed by atoms with Gasteiger partial charge in [-0.25, -0.2) is 4.98 Å². The molecule has 3 rings (SSSR count). The van der Waals surface area contributed by atoms with Crippen molar-refractivity contribution in [3.8, 4) is 0 Å². The largest absolute Gasteiger partial charge is 0.467 e. The summed E-state index contributed by atoms with van der Waals surface area (Å²) in [5.74, 6) is 0.954. The van der Waals surface area contributed by atoms with Crippen molar-refractivity contribution in [3.63, 3.8) is 0 Å². The quantitative estimate of drug-likeness (QED) is 0.902. The molecule has 0 spiro atoms. The second-order valence-electron chi connectivity index (χ2n) is 4.67. The lowest BCUT2D eigenvalue weighted by Gasteiger charge is -2.20. The molecule has 1 aliphatic carbocycles. The lowest BCUT2D eigenvalue weighted by atomic mass is 10.3. The first-order valence-corrected chi connectivity index (χ1v) is 7.04. The van der Waals surface area contributed by atoms with E-state index in [0.29, 0.717) is 6.04 Å². The number of thiazole rings is 1. The van der Waals surface area contributed by atoms with E-state index in [2.05, 4.69) is 9.88 Å². The van der Waals surface area contributed by atoms with Gasteiger partial charge in [-0.05, 0) is 31.9 Å². The van der Waals surface area contributed by atoms with Gasteiger partial charge in [0.25, 0.3) is 0 Å². The lowest BCUT2D eigenvalue weighted by Crippen LogP contribution is -2.24. The van der Waals surface area contributed by atoms with Crippen LogP contribution >= 0.6 is 11.3 Å². The Balaban J connectivity index is 1.80. The van der Waals surface area contributed by atoms with Crippen molar-refractivity contribution >= 4 is 16.5 Å². The fraction of sp³-hybridized carbons (Fsp3) is 0.462. The van der Waals surface area contributed by atoms with E-state index in [1.807, 2.05) is 17.5 Å². The van der Waals surface area contributed by atoms with Crippen LogP contribution in [0.1, 0.15) is 37.3 Å². The molecule has 2 heterocycles. The number of furan rings is 1. The fourth-order valence-electron chi connectivity index (χ4n) is 1.91. The summed E-state index contributed by atoms with van der Waals surface area (Å²) in [5, 5.41) is 12.4. The van der Waals surface area contributed by atoms with Crippen molar-refractivity contribution in [2.45, 2.75) is 38.5 Å². The van der Waals surface area contributed by atoms with Crippen molar-refractivity contribution in [3.05, 3.63) is 35.2 Å². The summed E-state index contributed by atoms with van der Waals surface area (Å²) < 4.78 is 5.40. The molecule has 0 radical (unpaired) electrons. The topological polar surface area (TPSA) is 49.5 Å². The SMILES string of the molecule is CC(O)c1csc(N(Cc2ccco2)C2CC2)n1. The first-order valence-electron chi connectivity index (χ1n) is 6.16. The Morgan fingerprint density at radius 3 is 3.00 bits per heavy atom. The van der Waals surface area contributed by atoms with Gasteiger partial charge in [-0.2, -0.15) is 0 Å². The van der Waals surface area contributed by atoms with Crippen LogP contribution in [0.25, 0.3) is 0 Å². The number of rotatable bonds is 5. The zero-order valence-electron chi connectivity index (χ0n) is 10.2. The minimum atomic E-state index is -0.500. The Labute approximate surface area is 110 Å². The normalized spacial score (nSPS) is 16.8. The maximum absolute atomic E-state index is 9.54. The number of nitrogens with zero attached hydrogens (tertiary/aromatic N) is 2.